The van der Waals surface area contributed by atoms with Crippen molar-refractivity contribution in [3.63, 3.8) is 0 Å². The molecule has 0 fully saturated rings. The second kappa shape index (κ2) is 4.80. The summed E-state index contributed by atoms with van der Waals surface area (Å²) in [6.45, 7) is 1.83. The number of rotatable bonds is 2. The summed E-state index contributed by atoms with van der Waals surface area (Å²) in [6, 6.07) is 10.1. The van der Waals surface area contributed by atoms with Gasteiger partial charge in [0, 0.05) is 36.7 Å². The van der Waals surface area contributed by atoms with Crippen molar-refractivity contribution in [1.29, 1.82) is 0 Å². The minimum atomic E-state index is 0.643. The number of hydrogen-bond acceptors (Lipinski definition) is 4. The molecule has 0 bridgehead atoms. The lowest BCUT2D eigenvalue weighted by Gasteiger charge is -2.31. The molecule has 4 nitrogen and oxygen atoms in total. The molecule has 0 aliphatic carbocycles. The molecule has 2 heterocycles. The van der Waals surface area contributed by atoms with Crippen LogP contribution in [0.1, 0.15) is 11.1 Å². The van der Waals surface area contributed by atoms with E-state index in [2.05, 4.69) is 16.0 Å². The van der Waals surface area contributed by atoms with E-state index in [0.717, 1.165) is 30.9 Å². The number of hydrogen-bond donors (Lipinski definition) is 1. The maximum atomic E-state index is 6.07. The second-order valence-electron chi connectivity index (χ2n) is 4.71. The molecule has 1 aromatic carbocycles. The summed E-state index contributed by atoms with van der Waals surface area (Å²) >= 11 is 0. The average molecular weight is 255 g/mol. The maximum Gasteiger partial charge on any atom is 0.214 e. The molecule has 0 atom stereocenters. The normalized spacial score (nSPS) is 14.1. The lowest BCUT2D eigenvalue weighted by Crippen LogP contribution is -2.30. The number of aromatic nitrogens is 1. The van der Waals surface area contributed by atoms with Crippen molar-refractivity contribution >= 4 is 11.4 Å². The smallest absolute Gasteiger partial charge is 0.214 e. The van der Waals surface area contributed by atoms with Gasteiger partial charge in [-0.15, -0.1) is 0 Å². The van der Waals surface area contributed by atoms with Gasteiger partial charge in [-0.2, -0.15) is 0 Å². The largest absolute Gasteiger partial charge is 0.481 e. The SMILES string of the molecule is COc1cc(N2CCc3cccc(N)c3C2)ccn1. The summed E-state index contributed by atoms with van der Waals surface area (Å²) in [6.07, 6.45) is 2.79. The number of fused-ring (bicyclic) bond motifs is 1. The number of anilines is 2. The van der Waals surface area contributed by atoms with Crippen molar-refractivity contribution < 1.29 is 4.74 Å². The van der Waals surface area contributed by atoms with Gasteiger partial charge in [0.05, 0.1) is 7.11 Å². The molecule has 98 valence electrons. The van der Waals surface area contributed by atoms with Crippen LogP contribution < -0.4 is 15.4 Å². The van der Waals surface area contributed by atoms with Crippen molar-refractivity contribution in [2.24, 2.45) is 0 Å². The molecule has 0 spiro atoms. The highest BCUT2D eigenvalue weighted by molar-refractivity contribution is 5.57. The molecule has 4 heteroatoms. The molecule has 0 unspecified atom stereocenters. The van der Waals surface area contributed by atoms with Gasteiger partial charge in [0.2, 0.25) is 5.88 Å². The maximum absolute atomic E-state index is 6.07. The Bertz CT molecular complexity index is 598. The van der Waals surface area contributed by atoms with Crippen LogP contribution in [0.5, 0.6) is 5.88 Å². The molecular weight excluding hydrogens is 238 g/mol. The highest BCUT2D eigenvalue weighted by atomic mass is 16.5. The van der Waals surface area contributed by atoms with Crippen LogP contribution in [-0.2, 0) is 13.0 Å². The standard InChI is InChI=1S/C15H17N3O/c1-19-15-9-12(5-7-17-15)18-8-6-11-3-2-4-14(16)13(11)10-18/h2-5,7,9H,6,8,10,16H2,1H3. The molecule has 2 N–H and O–H groups in total. The first kappa shape index (κ1) is 11.8. The summed E-state index contributed by atoms with van der Waals surface area (Å²) in [5, 5.41) is 0. The van der Waals surface area contributed by atoms with E-state index in [0.29, 0.717) is 5.88 Å². The number of nitrogen functional groups attached to an aromatic ring is 1. The van der Waals surface area contributed by atoms with Gasteiger partial charge in [0.15, 0.2) is 0 Å². The lowest BCUT2D eigenvalue weighted by atomic mass is 9.98. The summed E-state index contributed by atoms with van der Waals surface area (Å²) < 4.78 is 5.18. The first-order valence-corrected chi connectivity index (χ1v) is 6.39. The van der Waals surface area contributed by atoms with E-state index >= 15 is 0 Å². The van der Waals surface area contributed by atoms with E-state index < -0.39 is 0 Å². The van der Waals surface area contributed by atoms with E-state index in [1.165, 1.54) is 11.1 Å². The number of nitrogens with two attached hydrogens (primary N) is 1. The molecule has 0 amide bonds. The van der Waals surface area contributed by atoms with Crippen molar-refractivity contribution in [2.75, 3.05) is 24.3 Å². The first-order valence-electron chi connectivity index (χ1n) is 6.39. The lowest BCUT2D eigenvalue weighted by molar-refractivity contribution is 0.398. The fourth-order valence-corrected chi connectivity index (χ4v) is 2.53. The van der Waals surface area contributed by atoms with E-state index in [1.807, 2.05) is 24.3 Å². The predicted octanol–water partition coefficient (Wildman–Crippen LogP) is 2.24. The fourth-order valence-electron chi connectivity index (χ4n) is 2.53. The Morgan fingerprint density at radius 1 is 1.32 bits per heavy atom. The quantitative estimate of drug-likeness (QED) is 0.836. The third-order valence-electron chi connectivity index (χ3n) is 3.60. The number of nitrogens with zero attached hydrogens (tertiary/aromatic N) is 2. The third kappa shape index (κ3) is 2.21. The molecule has 1 aliphatic rings. The van der Waals surface area contributed by atoms with Crippen LogP contribution in [-0.4, -0.2) is 18.6 Å². The zero-order valence-corrected chi connectivity index (χ0v) is 11.0. The molecule has 1 aromatic heterocycles. The highest BCUT2D eigenvalue weighted by Gasteiger charge is 2.18. The molecule has 1 aliphatic heterocycles. The van der Waals surface area contributed by atoms with Crippen LogP contribution in [0.25, 0.3) is 0 Å². The predicted molar refractivity (Wildman–Crippen MR) is 76.4 cm³/mol. The molecule has 2 aromatic rings. The van der Waals surface area contributed by atoms with Gasteiger partial charge in [-0.25, -0.2) is 4.98 Å². The van der Waals surface area contributed by atoms with E-state index in [1.54, 1.807) is 13.3 Å². The van der Waals surface area contributed by atoms with Gasteiger partial charge < -0.3 is 15.4 Å². The Hall–Kier alpha value is -2.23. The molecule has 0 saturated carbocycles. The minimum Gasteiger partial charge on any atom is -0.481 e. The van der Waals surface area contributed by atoms with Crippen LogP contribution in [0, 0.1) is 0 Å². The molecule has 0 saturated heterocycles. The van der Waals surface area contributed by atoms with E-state index in [9.17, 15) is 0 Å². The fraction of sp³-hybridized carbons (Fsp3) is 0.267. The molecule has 19 heavy (non-hydrogen) atoms. The van der Waals surface area contributed by atoms with Crippen molar-refractivity contribution in [1.82, 2.24) is 4.98 Å². The summed E-state index contributed by atoms with van der Waals surface area (Å²) in [5.74, 6) is 0.643. The van der Waals surface area contributed by atoms with Gasteiger partial charge >= 0.3 is 0 Å². The van der Waals surface area contributed by atoms with Crippen LogP contribution in [0.3, 0.4) is 0 Å². The van der Waals surface area contributed by atoms with Crippen molar-refractivity contribution in [2.45, 2.75) is 13.0 Å². The topological polar surface area (TPSA) is 51.4 Å². The van der Waals surface area contributed by atoms with Gasteiger partial charge in [0.1, 0.15) is 0 Å². The van der Waals surface area contributed by atoms with Crippen molar-refractivity contribution in [3.05, 3.63) is 47.7 Å². The zero-order valence-electron chi connectivity index (χ0n) is 11.0. The average Bonchev–Trinajstić information content (AvgIpc) is 2.47. The second-order valence-corrected chi connectivity index (χ2v) is 4.71. The Morgan fingerprint density at radius 3 is 3.05 bits per heavy atom. The van der Waals surface area contributed by atoms with Crippen LogP contribution in [0.4, 0.5) is 11.4 Å². The van der Waals surface area contributed by atoms with Gasteiger partial charge in [0.25, 0.3) is 0 Å². The third-order valence-corrected chi connectivity index (χ3v) is 3.60. The van der Waals surface area contributed by atoms with Gasteiger partial charge in [-0.05, 0) is 29.7 Å². The highest BCUT2D eigenvalue weighted by Crippen LogP contribution is 2.28. The van der Waals surface area contributed by atoms with E-state index in [4.69, 9.17) is 10.5 Å². The first-order chi connectivity index (χ1) is 9.28. The van der Waals surface area contributed by atoms with Gasteiger partial charge in [-0.3, -0.25) is 0 Å². The van der Waals surface area contributed by atoms with Gasteiger partial charge in [-0.1, -0.05) is 12.1 Å². The Balaban J connectivity index is 1.91. The van der Waals surface area contributed by atoms with E-state index in [-0.39, 0.29) is 0 Å². The summed E-state index contributed by atoms with van der Waals surface area (Å²) in [5.41, 5.74) is 10.7. The summed E-state index contributed by atoms with van der Waals surface area (Å²) in [7, 11) is 1.63. The number of ether oxygens (including phenoxy) is 1. The number of methoxy groups -OCH3 is 1. The zero-order chi connectivity index (χ0) is 13.2. The number of pyridine rings is 1. The molecule has 3 rings (SSSR count). The Morgan fingerprint density at radius 2 is 2.21 bits per heavy atom. The van der Waals surface area contributed by atoms with Crippen LogP contribution >= 0.6 is 0 Å². The molecular formula is C15H17N3O. The molecule has 0 radical (unpaired) electrons. The number of benzene rings is 1. The van der Waals surface area contributed by atoms with Crippen LogP contribution in [0.15, 0.2) is 36.5 Å². The minimum absolute atomic E-state index is 0.643. The Labute approximate surface area is 112 Å². The van der Waals surface area contributed by atoms with Crippen LogP contribution in [0.2, 0.25) is 0 Å². The monoisotopic (exact) mass is 255 g/mol. The summed E-state index contributed by atoms with van der Waals surface area (Å²) in [4.78, 5) is 6.45. The van der Waals surface area contributed by atoms with Crippen molar-refractivity contribution in [3.8, 4) is 5.88 Å². The Kier molecular flexibility index (Phi) is 2.99.